The minimum atomic E-state index is -0.490. The average Bonchev–Trinajstić information content (AvgIpc) is 2.84. The van der Waals surface area contributed by atoms with Crippen LogP contribution in [-0.4, -0.2) is 23.0 Å². The molecule has 1 aromatic rings. The second-order valence-electron chi connectivity index (χ2n) is 4.56. The van der Waals surface area contributed by atoms with Crippen molar-refractivity contribution in [1.82, 2.24) is 5.32 Å². The second kappa shape index (κ2) is 5.08. The molecular weight excluding hydrogens is 230 g/mol. The second-order valence-corrected chi connectivity index (χ2v) is 4.56. The monoisotopic (exact) mass is 247 g/mol. The Labute approximate surface area is 106 Å². The zero-order valence-electron chi connectivity index (χ0n) is 10.3. The summed E-state index contributed by atoms with van der Waals surface area (Å²) in [5.74, 6) is -0.215. The number of hydrogen-bond donors (Lipinski definition) is 3. The maximum atomic E-state index is 12.0. The van der Waals surface area contributed by atoms with Crippen LogP contribution >= 0.6 is 0 Å². The molecule has 1 atom stereocenters. The fraction of sp³-hybridized carbons (Fsp3) is 0.385. The fourth-order valence-electron chi connectivity index (χ4n) is 2.15. The molecule has 0 bridgehead atoms. The molecule has 5 heteroatoms. The van der Waals surface area contributed by atoms with Crippen LogP contribution in [0.15, 0.2) is 23.4 Å². The highest BCUT2D eigenvalue weighted by molar-refractivity contribution is 5.98. The molecule has 0 heterocycles. The van der Waals surface area contributed by atoms with Gasteiger partial charge in [0.05, 0.1) is 6.04 Å². The minimum Gasteiger partial charge on any atom is -0.409 e. The summed E-state index contributed by atoms with van der Waals surface area (Å²) in [6.07, 6.45) is 3.28. The summed E-state index contributed by atoms with van der Waals surface area (Å²) in [6.45, 7) is 1.67. The quantitative estimate of drug-likeness (QED) is 0.323. The normalized spacial score (nSPS) is 16.2. The third kappa shape index (κ3) is 2.45. The van der Waals surface area contributed by atoms with E-state index in [1.165, 1.54) is 11.1 Å². The van der Waals surface area contributed by atoms with Gasteiger partial charge in [0.1, 0.15) is 0 Å². The summed E-state index contributed by atoms with van der Waals surface area (Å²) in [4.78, 5) is 12.0. The first-order valence-corrected chi connectivity index (χ1v) is 6.02. The molecule has 0 spiro atoms. The molecule has 1 aliphatic carbocycles. The topological polar surface area (TPSA) is 87.7 Å². The standard InChI is InChI=1S/C13H17N3O2/c1-8(12(14)16-18)15-13(17)11-6-5-9-3-2-4-10(9)7-11/h5-8,18H,2-4H2,1H3,(H2,14,16)(H,15,17). The first-order chi connectivity index (χ1) is 8.61. The Kier molecular flexibility index (Phi) is 3.50. The van der Waals surface area contributed by atoms with Gasteiger partial charge in [0.15, 0.2) is 5.84 Å². The first kappa shape index (κ1) is 12.4. The van der Waals surface area contributed by atoms with Gasteiger partial charge in [-0.2, -0.15) is 0 Å². The lowest BCUT2D eigenvalue weighted by Crippen LogP contribution is -2.42. The number of hydrogen-bond acceptors (Lipinski definition) is 3. The van der Waals surface area contributed by atoms with E-state index in [0.717, 1.165) is 19.3 Å². The molecule has 0 saturated heterocycles. The van der Waals surface area contributed by atoms with Gasteiger partial charge in [0, 0.05) is 5.56 Å². The molecule has 0 fully saturated rings. The smallest absolute Gasteiger partial charge is 0.251 e. The number of aryl methyl sites for hydroxylation is 2. The van der Waals surface area contributed by atoms with Gasteiger partial charge in [0.25, 0.3) is 5.91 Å². The van der Waals surface area contributed by atoms with Crippen molar-refractivity contribution in [3.63, 3.8) is 0 Å². The van der Waals surface area contributed by atoms with Crippen LogP contribution in [0.3, 0.4) is 0 Å². The maximum Gasteiger partial charge on any atom is 0.251 e. The molecule has 18 heavy (non-hydrogen) atoms. The Hall–Kier alpha value is -2.04. The Balaban J connectivity index is 2.10. The van der Waals surface area contributed by atoms with Gasteiger partial charge < -0.3 is 16.3 Å². The number of rotatable bonds is 3. The van der Waals surface area contributed by atoms with Crippen molar-refractivity contribution in [3.8, 4) is 0 Å². The summed E-state index contributed by atoms with van der Waals surface area (Å²) in [6, 6.07) is 5.26. The van der Waals surface area contributed by atoms with E-state index >= 15 is 0 Å². The molecule has 0 radical (unpaired) electrons. The van der Waals surface area contributed by atoms with E-state index in [1.54, 1.807) is 6.92 Å². The van der Waals surface area contributed by atoms with E-state index in [0.29, 0.717) is 5.56 Å². The van der Waals surface area contributed by atoms with Crippen molar-refractivity contribution in [2.75, 3.05) is 0 Å². The van der Waals surface area contributed by atoms with Crippen LogP contribution in [0.2, 0.25) is 0 Å². The Bertz CT molecular complexity index is 497. The van der Waals surface area contributed by atoms with Crippen LogP contribution in [0.5, 0.6) is 0 Å². The number of fused-ring (bicyclic) bond motifs is 1. The molecule has 1 unspecified atom stereocenters. The number of nitrogens with zero attached hydrogens (tertiary/aromatic N) is 1. The molecule has 0 aliphatic heterocycles. The first-order valence-electron chi connectivity index (χ1n) is 6.02. The van der Waals surface area contributed by atoms with Crippen molar-refractivity contribution < 1.29 is 10.0 Å². The third-order valence-corrected chi connectivity index (χ3v) is 3.27. The van der Waals surface area contributed by atoms with E-state index in [2.05, 4.69) is 10.5 Å². The van der Waals surface area contributed by atoms with Crippen molar-refractivity contribution in [3.05, 3.63) is 34.9 Å². The number of carbonyl (C=O) groups excluding carboxylic acids is 1. The summed E-state index contributed by atoms with van der Waals surface area (Å²) in [5, 5.41) is 14.1. The number of carbonyl (C=O) groups is 1. The van der Waals surface area contributed by atoms with Crippen LogP contribution in [0, 0.1) is 0 Å². The van der Waals surface area contributed by atoms with Gasteiger partial charge in [0.2, 0.25) is 0 Å². The summed E-state index contributed by atoms with van der Waals surface area (Å²) in [5.41, 5.74) is 8.62. The Morgan fingerprint density at radius 1 is 1.44 bits per heavy atom. The van der Waals surface area contributed by atoms with Crippen molar-refractivity contribution in [2.45, 2.75) is 32.2 Å². The minimum absolute atomic E-state index is 0.00971. The van der Waals surface area contributed by atoms with Gasteiger partial charge in [-0.15, -0.1) is 0 Å². The Morgan fingerprint density at radius 2 is 2.17 bits per heavy atom. The number of benzene rings is 1. The lowest BCUT2D eigenvalue weighted by Gasteiger charge is -2.12. The van der Waals surface area contributed by atoms with Crippen LogP contribution in [0.1, 0.15) is 34.8 Å². The fourth-order valence-corrected chi connectivity index (χ4v) is 2.15. The molecule has 0 saturated carbocycles. The number of amidine groups is 1. The molecule has 0 aromatic heterocycles. The van der Waals surface area contributed by atoms with Crippen molar-refractivity contribution >= 4 is 11.7 Å². The SMILES string of the molecule is CC(NC(=O)c1ccc2c(c1)CCC2)/C(N)=N/O. The van der Waals surface area contributed by atoms with E-state index < -0.39 is 6.04 Å². The molecule has 2 rings (SSSR count). The number of oxime groups is 1. The largest absolute Gasteiger partial charge is 0.409 e. The average molecular weight is 247 g/mol. The van der Waals surface area contributed by atoms with Crippen LogP contribution in [0.4, 0.5) is 0 Å². The Morgan fingerprint density at radius 3 is 2.89 bits per heavy atom. The molecule has 4 N–H and O–H groups in total. The predicted molar refractivity (Wildman–Crippen MR) is 68.8 cm³/mol. The van der Waals surface area contributed by atoms with Gasteiger partial charge >= 0.3 is 0 Å². The van der Waals surface area contributed by atoms with Gasteiger partial charge in [-0.25, -0.2) is 0 Å². The highest BCUT2D eigenvalue weighted by Crippen LogP contribution is 2.22. The zero-order chi connectivity index (χ0) is 13.1. The predicted octanol–water partition coefficient (Wildman–Crippen LogP) is 1.04. The number of nitrogens with one attached hydrogen (secondary N) is 1. The highest BCUT2D eigenvalue weighted by Gasteiger charge is 2.16. The molecular formula is C13H17N3O2. The lowest BCUT2D eigenvalue weighted by atomic mass is 10.1. The number of nitrogens with two attached hydrogens (primary N) is 1. The molecule has 1 amide bonds. The van der Waals surface area contributed by atoms with E-state index in [-0.39, 0.29) is 11.7 Å². The van der Waals surface area contributed by atoms with Crippen molar-refractivity contribution in [2.24, 2.45) is 10.9 Å². The van der Waals surface area contributed by atoms with Gasteiger partial charge in [-0.1, -0.05) is 11.2 Å². The highest BCUT2D eigenvalue weighted by atomic mass is 16.4. The summed E-state index contributed by atoms with van der Waals surface area (Å²) >= 11 is 0. The zero-order valence-corrected chi connectivity index (χ0v) is 10.3. The molecule has 1 aromatic carbocycles. The van der Waals surface area contributed by atoms with Crippen molar-refractivity contribution in [1.29, 1.82) is 0 Å². The van der Waals surface area contributed by atoms with E-state index in [4.69, 9.17) is 10.9 Å². The molecule has 5 nitrogen and oxygen atoms in total. The summed E-state index contributed by atoms with van der Waals surface area (Å²) < 4.78 is 0. The van der Waals surface area contributed by atoms with Crippen LogP contribution in [0.25, 0.3) is 0 Å². The number of amides is 1. The lowest BCUT2D eigenvalue weighted by molar-refractivity contribution is 0.0948. The van der Waals surface area contributed by atoms with E-state index in [9.17, 15) is 4.79 Å². The van der Waals surface area contributed by atoms with Gasteiger partial charge in [-0.05, 0) is 49.4 Å². The van der Waals surface area contributed by atoms with Crippen LogP contribution in [-0.2, 0) is 12.8 Å². The molecule has 96 valence electrons. The van der Waals surface area contributed by atoms with E-state index in [1.807, 2.05) is 18.2 Å². The maximum absolute atomic E-state index is 12.0. The van der Waals surface area contributed by atoms with Gasteiger partial charge in [-0.3, -0.25) is 4.79 Å². The van der Waals surface area contributed by atoms with Crippen LogP contribution < -0.4 is 11.1 Å². The third-order valence-electron chi connectivity index (χ3n) is 3.27. The summed E-state index contributed by atoms with van der Waals surface area (Å²) in [7, 11) is 0. The molecule has 1 aliphatic rings.